The summed E-state index contributed by atoms with van der Waals surface area (Å²) in [6, 6.07) is 15.7. The molecule has 35 heavy (non-hydrogen) atoms. The smallest absolute Gasteiger partial charge is 0.341 e. The number of anilines is 1. The summed E-state index contributed by atoms with van der Waals surface area (Å²) in [6.07, 6.45) is 0.744. The molecule has 182 valence electrons. The van der Waals surface area contributed by atoms with Crippen LogP contribution in [-0.2, 0) is 9.53 Å². The average Bonchev–Trinajstić information content (AvgIpc) is 3.12. The van der Waals surface area contributed by atoms with E-state index in [-0.39, 0.29) is 12.5 Å². The molecule has 2 aromatic carbocycles. The Morgan fingerprint density at radius 3 is 2.40 bits per heavy atom. The standard InChI is InChI=1S/C26H27N3O5S/c1-5-33-26(32)22-16(2)18(4)35-25(22)28-24(31)20-11-13-21(14-12-20)34-17(3)23(30)29-27-15-19-9-7-6-8-10-19/h6-15,17H,5H2,1-4H3,(H,28,31)(H,29,30)/b27-15-/t17-/m1/s1. The topological polar surface area (TPSA) is 106 Å². The Bertz CT molecular complexity index is 1220. The summed E-state index contributed by atoms with van der Waals surface area (Å²) >= 11 is 1.32. The molecule has 0 aliphatic carbocycles. The molecule has 3 aromatic rings. The monoisotopic (exact) mass is 493 g/mol. The molecule has 0 fully saturated rings. The number of hydrogen-bond donors (Lipinski definition) is 2. The molecule has 0 saturated carbocycles. The predicted molar refractivity (Wildman–Crippen MR) is 136 cm³/mol. The zero-order valence-corrected chi connectivity index (χ0v) is 20.8. The van der Waals surface area contributed by atoms with Crippen LogP contribution < -0.4 is 15.5 Å². The number of carbonyl (C=O) groups excluding carboxylic acids is 3. The lowest BCUT2D eigenvalue weighted by atomic mass is 10.1. The average molecular weight is 494 g/mol. The Hall–Kier alpha value is -3.98. The van der Waals surface area contributed by atoms with Gasteiger partial charge in [0.1, 0.15) is 10.8 Å². The minimum Gasteiger partial charge on any atom is -0.481 e. The van der Waals surface area contributed by atoms with Gasteiger partial charge >= 0.3 is 5.97 Å². The molecule has 1 aromatic heterocycles. The summed E-state index contributed by atoms with van der Waals surface area (Å²) in [5, 5.41) is 7.18. The fraction of sp³-hybridized carbons (Fsp3) is 0.231. The van der Waals surface area contributed by atoms with Crippen LogP contribution in [0.15, 0.2) is 59.7 Å². The Balaban J connectivity index is 1.59. The van der Waals surface area contributed by atoms with Crippen LogP contribution in [-0.4, -0.2) is 36.7 Å². The quantitative estimate of drug-likeness (QED) is 0.255. The second-order valence-corrected chi connectivity index (χ2v) is 8.82. The SMILES string of the molecule is CCOC(=O)c1c(NC(=O)c2ccc(O[C@H](C)C(=O)N/N=C\c3ccccc3)cc2)sc(C)c1C. The summed E-state index contributed by atoms with van der Waals surface area (Å²) in [6.45, 7) is 7.29. The maximum atomic E-state index is 12.8. The first-order valence-corrected chi connectivity index (χ1v) is 11.8. The molecule has 0 spiro atoms. The third-order valence-corrected chi connectivity index (χ3v) is 6.20. The van der Waals surface area contributed by atoms with Gasteiger partial charge in [-0.25, -0.2) is 10.2 Å². The van der Waals surface area contributed by atoms with E-state index in [0.717, 1.165) is 16.0 Å². The third kappa shape index (κ3) is 6.77. The number of rotatable bonds is 9. The predicted octanol–water partition coefficient (Wildman–Crippen LogP) is 4.71. The molecule has 2 amide bonds. The maximum Gasteiger partial charge on any atom is 0.341 e. The van der Waals surface area contributed by atoms with Crippen molar-refractivity contribution in [1.82, 2.24) is 5.43 Å². The highest BCUT2D eigenvalue weighted by Gasteiger charge is 2.22. The van der Waals surface area contributed by atoms with Crippen molar-refractivity contribution in [2.75, 3.05) is 11.9 Å². The van der Waals surface area contributed by atoms with Gasteiger partial charge in [0.05, 0.1) is 18.4 Å². The second kappa shape index (κ2) is 11.9. The Morgan fingerprint density at radius 1 is 1.06 bits per heavy atom. The summed E-state index contributed by atoms with van der Waals surface area (Å²) < 4.78 is 10.8. The summed E-state index contributed by atoms with van der Waals surface area (Å²) in [5.74, 6) is -0.821. The summed E-state index contributed by atoms with van der Waals surface area (Å²) in [7, 11) is 0. The van der Waals surface area contributed by atoms with Gasteiger partial charge < -0.3 is 14.8 Å². The second-order valence-electron chi connectivity index (χ2n) is 7.59. The highest BCUT2D eigenvalue weighted by Crippen LogP contribution is 2.33. The first-order chi connectivity index (χ1) is 16.8. The van der Waals surface area contributed by atoms with Crippen molar-refractivity contribution < 1.29 is 23.9 Å². The van der Waals surface area contributed by atoms with Crippen LogP contribution in [0.4, 0.5) is 5.00 Å². The Labute approximate surface area is 208 Å². The van der Waals surface area contributed by atoms with Crippen molar-refractivity contribution in [2.45, 2.75) is 33.8 Å². The minimum atomic E-state index is -0.799. The van der Waals surface area contributed by atoms with Crippen molar-refractivity contribution in [2.24, 2.45) is 5.10 Å². The number of ether oxygens (including phenoxy) is 2. The number of carbonyl (C=O) groups is 3. The normalized spacial score (nSPS) is 11.7. The molecule has 0 saturated heterocycles. The van der Waals surface area contributed by atoms with Gasteiger partial charge in [0.2, 0.25) is 0 Å². The highest BCUT2D eigenvalue weighted by molar-refractivity contribution is 7.16. The van der Waals surface area contributed by atoms with E-state index in [1.54, 1.807) is 44.3 Å². The number of hydrogen-bond acceptors (Lipinski definition) is 7. The van der Waals surface area contributed by atoms with E-state index in [4.69, 9.17) is 9.47 Å². The van der Waals surface area contributed by atoms with Crippen molar-refractivity contribution in [3.05, 3.63) is 81.7 Å². The van der Waals surface area contributed by atoms with Gasteiger partial charge in [-0.2, -0.15) is 5.10 Å². The zero-order valence-electron chi connectivity index (χ0n) is 20.0. The summed E-state index contributed by atoms with van der Waals surface area (Å²) in [5.41, 5.74) is 4.83. The molecule has 0 radical (unpaired) electrons. The van der Waals surface area contributed by atoms with E-state index in [9.17, 15) is 14.4 Å². The lowest BCUT2D eigenvalue weighted by Gasteiger charge is -2.13. The molecule has 1 heterocycles. The molecular formula is C26H27N3O5S. The third-order valence-electron chi connectivity index (χ3n) is 5.08. The van der Waals surface area contributed by atoms with Crippen molar-refractivity contribution in [3.8, 4) is 5.75 Å². The number of esters is 1. The molecule has 3 rings (SSSR count). The van der Waals surface area contributed by atoms with Crippen molar-refractivity contribution >= 4 is 40.3 Å². The lowest BCUT2D eigenvalue weighted by molar-refractivity contribution is -0.127. The van der Waals surface area contributed by atoms with E-state index in [1.165, 1.54) is 11.3 Å². The van der Waals surface area contributed by atoms with Crippen LogP contribution >= 0.6 is 11.3 Å². The molecule has 0 aliphatic rings. The number of hydrazone groups is 1. The van der Waals surface area contributed by atoms with E-state index >= 15 is 0 Å². The van der Waals surface area contributed by atoms with Gasteiger partial charge in [0.15, 0.2) is 6.10 Å². The lowest BCUT2D eigenvalue weighted by Crippen LogP contribution is -2.33. The minimum absolute atomic E-state index is 0.248. The number of amides is 2. The molecule has 2 N–H and O–H groups in total. The maximum absolute atomic E-state index is 12.8. The fourth-order valence-electron chi connectivity index (χ4n) is 3.08. The van der Waals surface area contributed by atoms with E-state index in [1.807, 2.05) is 44.2 Å². The van der Waals surface area contributed by atoms with Crippen LogP contribution in [0.25, 0.3) is 0 Å². The van der Waals surface area contributed by atoms with Crippen LogP contribution in [0, 0.1) is 13.8 Å². The number of nitrogens with one attached hydrogen (secondary N) is 2. The van der Waals surface area contributed by atoms with E-state index in [2.05, 4.69) is 15.8 Å². The Morgan fingerprint density at radius 2 is 1.74 bits per heavy atom. The van der Waals surface area contributed by atoms with Gasteiger partial charge in [0, 0.05) is 10.4 Å². The van der Waals surface area contributed by atoms with Gasteiger partial charge in [-0.1, -0.05) is 30.3 Å². The molecular weight excluding hydrogens is 466 g/mol. The molecule has 0 aliphatic heterocycles. The van der Waals surface area contributed by atoms with Gasteiger partial charge in [0.25, 0.3) is 11.8 Å². The molecule has 0 bridgehead atoms. The highest BCUT2D eigenvalue weighted by atomic mass is 32.1. The number of nitrogens with zero attached hydrogens (tertiary/aromatic N) is 1. The molecule has 8 nitrogen and oxygen atoms in total. The number of benzene rings is 2. The van der Waals surface area contributed by atoms with Crippen LogP contribution in [0.2, 0.25) is 0 Å². The first-order valence-electron chi connectivity index (χ1n) is 11.0. The summed E-state index contributed by atoms with van der Waals surface area (Å²) in [4.78, 5) is 38.3. The molecule has 9 heteroatoms. The van der Waals surface area contributed by atoms with Crippen LogP contribution in [0.5, 0.6) is 5.75 Å². The number of thiophene rings is 1. The van der Waals surface area contributed by atoms with Crippen LogP contribution in [0.3, 0.4) is 0 Å². The van der Waals surface area contributed by atoms with Gasteiger partial charge in [-0.05, 0) is 63.1 Å². The van der Waals surface area contributed by atoms with Crippen molar-refractivity contribution in [1.29, 1.82) is 0 Å². The van der Waals surface area contributed by atoms with Gasteiger partial charge in [-0.15, -0.1) is 11.3 Å². The van der Waals surface area contributed by atoms with Gasteiger partial charge in [-0.3, -0.25) is 9.59 Å². The fourth-order valence-corrected chi connectivity index (χ4v) is 4.13. The van der Waals surface area contributed by atoms with Crippen LogP contribution in [0.1, 0.15) is 50.6 Å². The van der Waals surface area contributed by atoms with Crippen molar-refractivity contribution in [3.63, 3.8) is 0 Å². The van der Waals surface area contributed by atoms with E-state index < -0.39 is 18.0 Å². The molecule has 1 atom stereocenters. The largest absolute Gasteiger partial charge is 0.481 e. The Kier molecular flexibility index (Phi) is 8.74. The first kappa shape index (κ1) is 25.6. The zero-order chi connectivity index (χ0) is 25.4. The molecule has 0 unspecified atom stereocenters. The number of aryl methyl sites for hydroxylation is 1. The van der Waals surface area contributed by atoms with E-state index in [0.29, 0.717) is 21.9 Å².